The van der Waals surface area contributed by atoms with E-state index in [9.17, 15) is 4.79 Å². The number of morpholine rings is 1. The van der Waals surface area contributed by atoms with Gasteiger partial charge in [0.25, 0.3) is 5.91 Å². The van der Waals surface area contributed by atoms with Crippen molar-refractivity contribution in [2.75, 3.05) is 26.7 Å². The third-order valence-corrected chi connectivity index (χ3v) is 4.21. The minimum absolute atomic E-state index is 0.0175. The van der Waals surface area contributed by atoms with Crippen LogP contribution in [0.2, 0.25) is 0 Å². The van der Waals surface area contributed by atoms with Crippen LogP contribution in [0, 0.1) is 0 Å². The van der Waals surface area contributed by atoms with E-state index in [0.717, 1.165) is 17.4 Å². The van der Waals surface area contributed by atoms with E-state index in [4.69, 9.17) is 4.74 Å². The zero-order valence-electron chi connectivity index (χ0n) is 11.9. The van der Waals surface area contributed by atoms with Gasteiger partial charge in [-0.2, -0.15) is 0 Å². The van der Waals surface area contributed by atoms with Gasteiger partial charge in [0.05, 0.1) is 6.61 Å². The molecular formula is C15H21BrN2O2. The van der Waals surface area contributed by atoms with E-state index in [1.165, 1.54) is 5.56 Å². The van der Waals surface area contributed by atoms with Gasteiger partial charge in [-0.15, -0.1) is 0 Å². The molecule has 0 unspecified atom stereocenters. The smallest absolute Gasteiger partial charge is 0.250 e. The van der Waals surface area contributed by atoms with Crippen LogP contribution in [0.4, 0.5) is 0 Å². The lowest BCUT2D eigenvalue weighted by atomic mass is 10.1. The van der Waals surface area contributed by atoms with Crippen molar-refractivity contribution >= 4 is 21.8 Å². The molecule has 0 aromatic heterocycles. The van der Waals surface area contributed by atoms with Gasteiger partial charge >= 0.3 is 0 Å². The second-order valence-corrected chi connectivity index (χ2v) is 6.18. The Kier molecular flexibility index (Phi) is 5.57. The van der Waals surface area contributed by atoms with E-state index in [-0.39, 0.29) is 18.1 Å². The number of amides is 1. The van der Waals surface area contributed by atoms with Gasteiger partial charge in [-0.1, -0.05) is 34.1 Å². The average Bonchev–Trinajstić information content (AvgIpc) is 2.41. The number of ether oxygens (including phenoxy) is 1. The summed E-state index contributed by atoms with van der Waals surface area (Å²) in [6.07, 6.45) is 0.450. The Morgan fingerprint density at radius 1 is 1.55 bits per heavy atom. The quantitative estimate of drug-likeness (QED) is 0.909. The van der Waals surface area contributed by atoms with Gasteiger partial charge in [0, 0.05) is 23.6 Å². The molecule has 1 aliphatic heterocycles. The van der Waals surface area contributed by atoms with Crippen molar-refractivity contribution in [3.63, 3.8) is 0 Å². The van der Waals surface area contributed by atoms with Gasteiger partial charge in [-0.25, -0.2) is 0 Å². The Morgan fingerprint density at radius 3 is 3.00 bits per heavy atom. The van der Waals surface area contributed by atoms with Crippen LogP contribution in [0.5, 0.6) is 0 Å². The number of halogens is 1. The number of hydrogen-bond donors (Lipinski definition) is 1. The molecule has 0 bridgehead atoms. The molecule has 1 fully saturated rings. The van der Waals surface area contributed by atoms with Gasteiger partial charge in [0.2, 0.25) is 0 Å². The highest BCUT2D eigenvalue weighted by Crippen LogP contribution is 2.17. The van der Waals surface area contributed by atoms with Crippen molar-refractivity contribution in [3.05, 3.63) is 34.3 Å². The summed E-state index contributed by atoms with van der Waals surface area (Å²) in [4.78, 5) is 14.3. The van der Waals surface area contributed by atoms with E-state index in [1.54, 1.807) is 0 Å². The Hall–Kier alpha value is -0.910. The fourth-order valence-corrected chi connectivity index (χ4v) is 2.76. The fourth-order valence-electron chi connectivity index (χ4n) is 2.32. The van der Waals surface area contributed by atoms with Crippen LogP contribution in [-0.2, 0) is 16.0 Å². The van der Waals surface area contributed by atoms with Crippen LogP contribution in [-0.4, -0.2) is 49.7 Å². The molecular weight excluding hydrogens is 320 g/mol. The molecule has 0 spiro atoms. The molecule has 0 aliphatic carbocycles. The predicted molar refractivity (Wildman–Crippen MR) is 82.7 cm³/mol. The molecule has 1 N–H and O–H groups in total. The van der Waals surface area contributed by atoms with Crippen LogP contribution >= 0.6 is 15.9 Å². The third-order valence-electron chi connectivity index (χ3n) is 3.43. The number of likely N-dealkylation sites (N-methyl/N-ethyl adjacent to an activating group) is 1. The topological polar surface area (TPSA) is 41.6 Å². The molecule has 20 heavy (non-hydrogen) atoms. The molecule has 1 amide bonds. The maximum atomic E-state index is 12.2. The summed E-state index contributed by atoms with van der Waals surface area (Å²) in [5, 5.41) is 3.03. The maximum absolute atomic E-state index is 12.2. The largest absolute Gasteiger partial charge is 0.366 e. The van der Waals surface area contributed by atoms with Gasteiger partial charge < -0.3 is 15.0 Å². The molecule has 0 saturated carbocycles. The molecule has 2 atom stereocenters. The minimum Gasteiger partial charge on any atom is -0.366 e. The van der Waals surface area contributed by atoms with E-state index in [2.05, 4.69) is 32.2 Å². The van der Waals surface area contributed by atoms with Crippen LogP contribution in [0.25, 0.3) is 0 Å². The number of nitrogens with one attached hydrogen (secondary N) is 1. The molecule has 1 aromatic carbocycles. The summed E-state index contributed by atoms with van der Waals surface area (Å²) in [6, 6.07) is 8.16. The summed E-state index contributed by atoms with van der Waals surface area (Å²) in [6.45, 7) is 4.18. The molecule has 4 nitrogen and oxygen atoms in total. The second-order valence-electron chi connectivity index (χ2n) is 5.33. The van der Waals surface area contributed by atoms with E-state index < -0.39 is 0 Å². The van der Waals surface area contributed by atoms with Crippen LogP contribution in [0.15, 0.2) is 28.7 Å². The third kappa shape index (κ3) is 4.30. The molecule has 110 valence electrons. The second kappa shape index (κ2) is 7.20. The summed E-state index contributed by atoms with van der Waals surface area (Å²) in [5.74, 6) is -0.0175. The van der Waals surface area contributed by atoms with Crippen molar-refractivity contribution < 1.29 is 9.53 Å². The Labute approximate surface area is 128 Å². The Balaban J connectivity index is 1.86. The first-order valence-corrected chi connectivity index (χ1v) is 7.69. The van der Waals surface area contributed by atoms with Crippen molar-refractivity contribution in [1.82, 2.24) is 10.2 Å². The summed E-state index contributed by atoms with van der Waals surface area (Å²) < 4.78 is 6.60. The highest BCUT2D eigenvalue weighted by atomic mass is 79.9. The fraction of sp³-hybridized carbons (Fsp3) is 0.533. The highest BCUT2D eigenvalue weighted by molar-refractivity contribution is 9.10. The van der Waals surface area contributed by atoms with Crippen LogP contribution in [0.1, 0.15) is 12.5 Å². The van der Waals surface area contributed by atoms with Crippen molar-refractivity contribution in [2.24, 2.45) is 0 Å². The Bertz CT molecular complexity index is 467. The van der Waals surface area contributed by atoms with E-state index >= 15 is 0 Å². The monoisotopic (exact) mass is 340 g/mol. The maximum Gasteiger partial charge on any atom is 0.250 e. The molecule has 1 aliphatic rings. The van der Waals surface area contributed by atoms with Gasteiger partial charge in [-0.05, 0) is 32.0 Å². The molecule has 1 heterocycles. The number of rotatable bonds is 4. The average molecular weight is 341 g/mol. The lowest BCUT2D eigenvalue weighted by molar-refractivity contribution is -0.138. The molecule has 2 rings (SSSR count). The van der Waals surface area contributed by atoms with Gasteiger partial charge in [0.15, 0.2) is 0 Å². The number of carbonyl (C=O) groups excluding carboxylic acids is 1. The predicted octanol–water partition coefficient (Wildman–Crippen LogP) is 1.83. The Morgan fingerprint density at radius 2 is 2.30 bits per heavy atom. The highest BCUT2D eigenvalue weighted by Gasteiger charge is 2.25. The zero-order chi connectivity index (χ0) is 14.5. The van der Waals surface area contributed by atoms with Gasteiger partial charge in [-0.3, -0.25) is 4.79 Å². The lowest BCUT2D eigenvalue weighted by Gasteiger charge is -2.30. The molecule has 0 radical (unpaired) electrons. The first kappa shape index (κ1) is 15.5. The number of carbonyl (C=O) groups is 1. The molecule has 5 heteroatoms. The normalized spacial score (nSPS) is 21.4. The summed E-state index contributed by atoms with van der Waals surface area (Å²) in [5.41, 5.74) is 1.20. The molecule has 1 saturated heterocycles. The van der Waals surface area contributed by atoms with Crippen molar-refractivity contribution in [1.29, 1.82) is 0 Å². The summed E-state index contributed by atoms with van der Waals surface area (Å²) in [7, 11) is 2.01. The lowest BCUT2D eigenvalue weighted by Crippen LogP contribution is -2.50. The van der Waals surface area contributed by atoms with Crippen LogP contribution in [0.3, 0.4) is 0 Å². The van der Waals surface area contributed by atoms with E-state index in [0.29, 0.717) is 13.2 Å². The number of nitrogens with zero attached hydrogens (tertiary/aromatic N) is 1. The van der Waals surface area contributed by atoms with Crippen molar-refractivity contribution in [3.8, 4) is 0 Å². The minimum atomic E-state index is -0.351. The number of benzene rings is 1. The zero-order valence-corrected chi connectivity index (χ0v) is 13.5. The first-order chi connectivity index (χ1) is 9.56. The standard InChI is InChI=1S/C15H21BrN2O2/c1-11(9-12-5-3-4-6-13(12)16)17-15(19)14-10-18(2)7-8-20-14/h3-6,11,14H,7-10H2,1-2H3,(H,17,19)/t11-,14-/m0/s1. The van der Waals surface area contributed by atoms with E-state index in [1.807, 2.05) is 32.2 Å². The SMILES string of the molecule is C[C@@H](Cc1ccccc1Br)NC(=O)[C@@H]1CN(C)CCO1. The molecule has 1 aromatic rings. The number of hydrogen-bond acceptors (Lipinski definition) is 3. The van der Waals surface area contributed by atoms with Crippen molar-refractivity contribution in [2.45, 2.75) is 25.5 Å². The summed E-state index contributed by atoms with van der Waals surface area (Å²) >= 11 is 3.53. The van der Waals surface area contributed by atoms with Gasteiger partial charge in [0.1, 0.15) is 6.10 Å². The first-order valence-electron chi connectivity index (χ1n) is 6.90. The van der Waals surface area contributed by atoms with Crippen LogP contribution < -0.4 is 5.32 Å².